The summed E-state index contributed by atoms with van der Waals surface area (Å²) in [4.78, 5) is 0. The van der Waals surface area contributed by atoms with Crippen molar-refractivity contribution in [1.29, 1.82) is 0 Å². The molecule has 0 unspecified atom stereocenters. The van der Waals surface area contributed by atoms with Gasteiger partial charge in [0.2, 0.25) is 0 Å². The molecule has 14 heavy (non-hydrogen) atoms. The van der Waals surface area contributed by atoms with Gasteiger partial charge in [0.05, 0.1) is 5.70 Å². The Balaban J connectivity index is 2.90. The highest BCUT2D eigenvalue weighted by Crippen LogP contribution is 2.16. The summed E-state index contributed by atoms with van der Waals surface area (Å²) in [6.07, 6.45) is 11.6. The van der Waals surface area contributed by atoms with E-state index in [0.717, 1.165) is 17.8 Å². The maximum absolute atomic E-state index is 3.78. The Kier molecular flexibility index (Phi) is 3.95. The van der Waals surface area contributed by atoms with E-state index < -0.39 is 0 Å². The third-order valence-electron chi connectivity index (χ3n) is 1.98. The van der Waals surface area contributed by atoms with Crippen molar-refractivity contribution in [2.24, 2.45) is 0 Å². The second-order valence-corrected chi connectivity index (χ2v) is 2.85. The first-order valence-corrected chi connectivity index (χ1v) is 4.64. The monoisotopic (exact) mass is 188 g/mol. The second kappa shape index (κ2) is 5.25. The first-order chi connectivity index (χ1) is 6.83. The second-order valence-electron chi connectivity index (χ2n) is 2.85. The molecule has 0 atom stereocenters. The van der Waals surface area contributed by atoms with Crippen LogP contribution in [-0.2, 0) is 0 Å². The molecule has 0 saturated carbocycles. The van der Waals surface area contributed by atoms with E-state index in [1.54, 1.807) is 6.08 Å². The third-order valence-corrected chi connectivity index (χ3v) is 1.98. The van der Waals surface area contributed by atoms with Gasteiger partial charge in [0.1, 0.15) is 0 Å². The van der Waals surface area contributed by atoms with Gasteiger partial charge in [-0.25, -0.2) is 5.43 Å². The quantitative estimate of drug-likeness (QED) is 0.682. The van der Waals surface area contributed by atoms with Crippen molar-refractivity contribution >= 4 is 0 Å². The standard InChI is InChI=1S/C12H16N2/c1-4-8-11(5-2)12(6-3)14-10-7-9-13-14/h4-8,10,13H,1-2,9H2,3H3/b11-8-,12-6+. The van der Waals surface area contributed by atoms with Crippen molar-refractivity contribution in [3.05, 3.63) is 61.0 Å². The Bertz CT molecular complexity index is 308. The van der Waals surface area contributed by atoms with E-state index in [0.29, 0.717) is 0 Å². The molecule has 0 aromatic heterocycles. The number of nitrogens with zero attached hydrogens (tertiary/aromatic N) is 1. The molecule has 0 saturated heterocycles. The summed E-state index contributed by atoms with van der Waals surface area (Å²) in [5.74, 6) is 0. The summed E-state index contributed by atoms with van der Waals surface area (Å²) >= 11 is 0. The summed E-state index contributed by atoms with van der Waals surface area (Å²) < 4.78 is 0. The molecule has 0 spiro atoms. The van der Waals surface area contributed by atoms with Crippen LogP contribution in [0.1, 0.15) is 6.92 Å². The topological polar surface area (TPSA) is 15.3 Å². The van der Waals surface area contributed by atoms with E-state index in [1.807, 2.05) is 36.4 Å². The molecule has 1 N–H and O–H groups in total. The van der Waals surface area contributed by atoms with Gasteiger partial charge in [-0.15, -0.1) is 0 Å². The molecule has 0 bridgehead atoms. The summed E-state index contributed by atoms with van der Waals surface area (Å²) in [5.41, 5.74) is 5.36. The zero-order valence-electron chi connectivity index (χ0n) is 8.53. The van der Waals surface area contributed by atoms with Crippen LogP contribution in [0, 0.1) is 0 Å². The Morgan fingerprint density at radius 2 is 2.29 bits per heavy atom. The van der Waals surface area contributed by atoms with Gasteiger partial charge in [0.25, 0.3) is 0 Å². The van der Waals surface area contributed by atoms with Crippen LogP contribution in [-0.4, -0.2) is 11.6 Å². The SMILES string of the molecule is C=C/C=C(C=C)\C(=C/C)N1C=CCN1. The molecular formula is C12H16N2. The largest absolute Gasteiger partial charge is 0.284 e. The Morgan fingerprint density at radius 1 is 1.50 bits per heavy atom. The van der Waals surface area contributed by atoms with Crippen LogP contribution in [0.2, 0.25) is 0 Å². The number of hydrogen-bond acceptors (Lipinski definition) is 2. The molecule has 0 aromatic carbocycles. The Morgan fingerprint density at radius 3 is 2.71 bits per heavy atom. The smallest absolute Gasteiger partial charge is 0.0600 e. The first kappa shape index (κ1) is 10.5. The predicted molar refractivity (Wildman–Crippen MR) is 61.2 cm³/mol. The highest BCUT2D eigenvalue weighted by atomic mass is 15.5. The molecule has 0 aliphatic carbocycles. The fourth-order valence-corrected chi connectivity index (χ4v) is 1.36. The minimum Gasteiger partial charge on any atom is -0.284 e. The zero-order chi connectivity index (χ0) is 10.4. The number of hydrazine groups is 1. The van der Waals surface area contributed by atoms with Crippen molar-refractivity contribution in [1.82, 2.24) is 10.4 Å². The van der Waals surface area contributed by atoms with Crippen molar-refractivity contribution in [2.75, 3.05) is 6.54 Å². The summed E-state index contributed by atoms with van der Waals surface area (Å²) in [6.45, 7) is 10.3. The van der Waals surface area contributed by atoms with Crippen LogP contribution in [0.15, 0.2) is 61.0 Å². The molecule has 0 aromatic rings. The molecule has 74 valence electrons. The van der Waals surface area contributed by atoms with Crippen LogP contribution in [0.4, 0.5) is 0 Å². The van der Waals surface area contributed by atoms with Crippen molar-refractivity contribution in [3.63, 3.8) is 0 Å². The maximum atomic E-state index is 3.78. The van der Waals surface area contributed by atoms with Crippen LogP contribution >= 0.6 is 0 Å². The summed E-state index contributed by atoms with van der Waals surface area (Å²) in [7, 11) is 0. The van der Waals surface area contributed by atoms with Crippen LogP contribution in [0.5, 0.6) is 0 Å². The van der Waals surface area contributed by atoms with Gasteiger partial charge in [0.15, 0.2) is 0 Å². The fourth-order valence-electron chi connectivity index (χ4n) is 1.36. The average Bonchev–Trinajstić information content (AvgIpc) is 2.71. The molecule has 2 heteroatoms. The van der Waals surface area contributed by atoms with Crippen molar-refractivity contribution < 1.29 is 0 Å². The molecule has 0 fully saturated rings. The zero-order valence-corrected chi connectivity index (χ0v) is 8.53. The number of hydrogen-bond donors (Lipinski definition) is 1. The van der Waals surface area contributed by atoms with Crippen molar-refractivity contribution in [2.45, 2.75) is 6.92 Å². The maximum Gasteiger partial charge on any atom is 0.0600 e. The van der Waals surface area contributed by atoms with Crippen molar-refractivity contribution in [3.8, 4) is 0 Å². The van der Waals surface area contributed by atoms with E-state index in [-0.39, 0.29) is 0 Å². The predicted octanol–water partition coefficient (Wildman–Crippen LogP) is 2.52. The molecular weight excluding hydrogens is 172 g/mol. The van der Waals surface area contributed by atoms with E-state index in [2.05, 4.69) is 24.7 Å². The molecule has 0 amide bonds. The number of allylic oxidation sites excluding steroid dienone is 4. The molecule has 1 heterocycles. The molecule has 1 aliphatic heterocycles. The minimum atomic E-state index is 0.871. The van der Waals surface area contributed by atoms with Gasteiger partial charge in [-0.3, -0.25) is 5.01 Å². The number of rotatable bonds is 4. The Hall–Kier alpha value is -1.54. The van der Waals surface area contributed by atoms with Gasteiger partial charge in [0, 0.05) is 12.7 Å². The van der Waals surface area contributed by atoms with E-state index in [9.17, 15) is 0 Å². The van der Waals surface area contributed by atoms with Crippen LogP contribution < -0.4 is 5.43 Å². The summed E-state index contributed by atoms with van der Waals surface area (Å²) in [5, 5.41) is 1.98. The highest BCUT2D eigenvalue weighted by Gasteiger charge is 2.10. The molecule has 2 nitrogen and oxygen atoms in total. The Labute approximate surface area is 85.6 Å². The lowest BCUT2D eigenvalue weighted by molar-refractivity contribution is 0.390. The van der Waals surface area contributed by atoms with E-state index in [4.69, 9.17) is 0 Å². The highest BCUT2D eigenvalue weighted by molar-refractivity contribution is 5.40. The van der Waals surface area contributed by atoms with Gasteiger partial charge in [-0.2, -0.15) is 0 Å². The lowest BCUT2D eigenvalue weighted by atomic mass is 10.1. The summed E-state index contributed by atoms with van der Waals surface area (Å²) in [6, 6.07) is 0. The van der Waals surface area contributed by atoms with Gasteiger partial charge < -0.3 is 0 Å². The van der Waals surface area contributed by atoms with E-state index >= 15 is 0 Å². The van der Waals surface area contributed by atoms with Gasteiger partial charge >= 0.3 is 0 Å². The van der Waals surface area contributed by atoms with Gasteiger partial charge in [-0.1, -0.05) is 43.5 Å². The van der Waals surface area contributed by atoms with Crippen LogP contribution in [0.3, 0.4) is 0 Å². The number of nitrogens with one attached hydrogen (secondary N) is 1. The lowest BCUT2D eigenvalue weighted by Crippen LogP contribution is -2.28. The normalized spacial score (nSPS) is 17.4. The lowest BCUT2D eigenvalue weighted by Gasteiger charge is -2.20. The first-order valence-electron chi connectivity index (χ1n) is 4.64. The average molecular weight is 188 g/mol. The fraction of sp³-hybridized carbons (Fsp3) is 0.167. The van der Waals surface area contributed by atoms with Crippen LogP contribution in [0.25, 0.3) is 0 Å². The molecule has 0 radical (unpaired) electrons. The molecule has 1 rings (SSSR count). The molecule has 1 aliphatic rings. The minimum absolute atomic E-state index is 0.871. The third kappa shape index (κ3) is 2.24. The van der Waals surface area contributed by atoms with E-state index in [1.165, 1.54) is 0 Å². The van der Waals surface area contributed by atoms with Gasteiger partial charge in [-0.05, 0) is 12.5 Å².